The molecule has 1 aromatic rings. The van der Waals surface area contributed by atoms with Crippen LogP contribution in [-0.4, -0.2) is 29.8 Å². The largest absolute Gasteiger partial charge is 0.479 e. The van der Waals surface area contributed by atoms with Crippen molar-refractivity contribution in [1.82, 2.24) is 0 Å². The average molecular weight is 307 g/mol. The number of benzene rings is 1. The van der Waals surface area contributed by atoms with Crippen molar-refractivity contribution in [1.29, 1.82) is 0 Å². The van der Waals surface area contributed by atoms with Crippen LogP contribution in [0.3, 0.4) is 0 Å². The molecule has 124 valence electrons. The minimum Gasteiger partial charge on any atom is -0.479 e. The number of hydrogen-bond acceptors (Lipinski definition) is 3. The Kier molecular flexibility index (Phi) is 7.39. The smallest absolute Gasteiger partial charge is 0.337 e. The molecule has 1 atom stereocenters. The number of aryl methyl sites for hydroxylation is 2. The van der Waals surface area contributed by atoms with Crippen LogP contribution >= 0.6 is 0 Å². The maximum atomic E-state index is 11.6. The third kappa shape index (κ3) is 4.01. The lowest BCUT2D eigenvalue weighted by Crippen LogP contribution is -2.47. The van der Waals surface area contributed by atoms with Gasteiger partial charge in [-0.25, -0.2) is 4.79 Å². The Morgan fingerprint density at radius 2 is 2.09 bits per heavy atom. The Morgan fingerprint density at radius 1 is 1.36 bits per heavy atom. The molecular weight excluding hydrogens is 278 g/mol. The van der Waals surface area contributed by atoms with Gasteiger partial charge in [-0.3, -0.25) is 0 Å². The van der Waals surface area contributed by atoms with Crippen molar-refractivity contribution in [2.24, 2.45) is 0 Å². The SMILES string of the molecule is CC.CCc1cccc2c1NCC(CC)(C(=O)O)OCCC2. The minimum atomic E-state index is -1.12. The van der Waals surface area contributed by atoms with Crippen molar-refractivity contribution in [3.63, 3.8) is 0 Å². The van der Waals surface area contributed by atoms with Crippen molar-refractivity contribution in [3.8, 4) is 0 Å². The molecule has 0 spiro atoms. The highest BCUT2D eigenvalue weighted by Gasteiger charge is 2.38. The molecule has 1 heterocycles. The summed E-state index contributed by atoms with van der Waals surface area (Å²) < 4.78 is 5.70. The van der Waals surface area contributed by atoms with E-state index in [9.17, 15) is 9.90 Å². The van der Waals surface area contributed by atoms with Crippen molar-refractivity contribution >= 4 is 11.7 Å². The fraction of sp³-hybridized carbons (Fsp3) is 0.611. The molecule has 22 heavy (non-hydrogen) atoms. The van der Waals surface area contributed by atoms with E-state index in [1.807, 2.05) is 20.8 Å². The lowest BCUT2D eigenvalue weighted by Gasteiger charge is -2.29. The van der Waals surface area contributed by atoms with Gasteiger partial charge in [-0.05, 0) is 36.8 Å². The van der Waals surface area contributed by atoms with Gasteiger partial charge in [0, 0.05) is 12.3 Å². The zero-order valence-electron chi connectivity index (χ0n) is 14.2. The van der Waals surface area contributed by atoms with Crippen LogP contribution in [0.1, 0.15) is 51.7 Å². The summed E-state index contributed by atoms with van der Waals surface area (Å²) in [6, 6.07) is 6.28. The molecule has 1 aliphatic rings. The van der Waals surface area contributed by atoms with E-state index < -0.39 is 11.6 Å². The van der Waals surface area contributed by atoms with E-state index in [-0.39, 0.29) is 0 Å². The van der Waals surface area contributed by atoms with Crippen LogP contribution in [0, 0.1) is 0 Å². The van der Waals surface area contributed by atoms with E-state index in [1.54, 1.807) is 0 Å². The zero-order chi connectivity index (χ0) is 16.6. The van der Waals surface area contributed by atoms with E-state index >= 15 is 0 Å². The highest BCUT2D eigenvalue weighted by Crippen LogP contribution is 2.27. The fourth-order valence-corrected chi connectivity index (χ4v) is 2.71. The summed E-state index contributed by atoms with van der Waals surface area (Å²) in [4.78, 5) is 11.6. The quantitative estimate of drug-likeness (QED) is 0.889. The summed E-state index contributed by atoms with van der Waals surface area (Å²) >= 11 is 0. The number of rotatable bonds is 3. The molecule has 1 aromatic carbocycles. The Balaban J connectivity index is 0.00000116. The summed E-state index contributed by atoms with van der Waals surface area (Å²) in [6.07, 6.45) is 3.15. The number of carboxylic acid groups (broad SMARTS) is 1. The Labute approximate surface area is 133 Å². The molecule has 4 heteroatoms. The van der Waals surface area contributed by atoms with E-state index in [2.05, 4.69) is 30.4 Å². The van der Waals surface area contributed by atoms with Gasteiger partial charge in [-0.1, -0.05) is 45.9 Å². The second-order valence-corrected chi connectivity index (χ2v) is 5.26. The fourth-order valence-electron chi connectivity index (χ4n) is 2.71. The standard InChI is InChI=1S/C16H23NO3.C2H6/c1-3-12-7-5-8-13-9-6-10-20-16(4-2,15(18)19)11-17-14(12)13;1-2/h5,7-8,17H,3-4,6,9-11H2,1-2H3,(H,18,19);1-2H3. The first kappa shape index (κ1) is 18.5. The van der Waals surface area contributed by atoms with Gasteiger partial charge in [0.25, 0.3) is 0 Å². The molecule has 1 unspecified atom stereocenters. The summed E-state index contributed by atoms with van der Waals surface area (Å²) in [6.45, 7) is 8.77. The summed E-state index contributed by atoms with van der Waals surface area (Å²) in [7, 11) is 0. The van der Waals surface area contributed by atoms with E-state index in [4.69, 9.17) is 4.74 Å². The summed E-state index contributed by atoms with van der Waals surface area (Å²) in [5.74, 6) is -0.884. The number of anilines is 1. The van der Waals surface area contributed by atoms with Gasteiger partial charge in [-0.15, -0.1) is 0 Å². The van der Waals surface area contributed by atoms with Crippen LogP contribution in [0.4, 0.5) is 5.69 Å². The normalized spacial score (nSPS) is 21.1. The molecule has 0 saturated carbocycles. The van der Waals surface area contributed by atoms with Crippen molar-refractivity contribution in [2.45, 2.75) is 59.0 Å². The van der Waals surface area contributed by atoms with Gasteiger partial charge in [-0.2, -0.15) is 0 Å². The van der Waals surface area contributed by atoms with Crippen molar-refractivity contribution in [3.05, 3.63) is 29.3 Å². The van der Waals surface area contributed by atoms with Gasteiger partial charge in [0.2, 0.25) is 0 Å². The number of para-hydroxylation sites is 1. The van der Waals surface area contributed by atoms with Gasteiger partial charge in [0.1, 0.15) is 0 Å². The average Bonchev–Trinajstić information content (AvgIpc) is 2.65. The van der Waals surface area contributed by atoms with Crippen LogP contribution in [-0.2, 0) is 22.4 Å². The molecule has 2 rings (SSSR count). The first-order valence-electron chi connectivity index (χ1n) is 8.35. The molecule has 2 N–H and O–H groups in total. The Bertz CT molecular complexity index is 487. The number of carbonyl (C=O) groups is 1. The predicted octanol–water partition coefficient (Wildman–Crippen LogP) is 3.88. The second-order valence-electron chi connectivity index (χ2n) is 5.26. The van der Waals surface area contributed by atoms with Crippen LogP contribution in [0.15, 0.2) is 18.2 Å². The molecule has 0 aromatic heterocycles. The van der Waals surface area contributed by atoms with E-state index in [0.717, 1.165) is 24.9 Å². The Morgan fingerprint density at radius 3 is 2.68 bits per heavy atom. The molecule has 0 amide bonds. The molecule has 0 aliphatic carbocycles. The van der Waals surface area contributed by atoms with Gasteiger partial charge in [0.15, 0.2) is 5.60 Å². The van der Waals surface area contributed by atoms with E-state index in [0.29, 0.717) is 19.6 Å². The lowest BCUT2D eigenvalue weighted by molar-refractivity contribution is -0.164. The maximum absolute atomic E-state index is 11.6. The first-order chi connectivity index (χ1) is 10.6. The van der Waals surface area contributed by atoms with Crippen LogP contribution < -0.4 is 5.32 Å². The van der Waals surface area contributed by atoms with Crippen LogP contribution in [0.5, 0.6) is 0 Å². The lowest BCUT2D eigenvalue weighted by atomic mass is 9.99. The number of aliphatic carboxylic acids is 1. The van der Waals surface area contributed by atoms with E-state index in [1.165, 1.54) is 11.1 Å². The Hall–Kier alpha value is -1.55. The molecule has 0 bridgehead atoms. The third-order valence-electron chi connectivity index (χ3n) is 4.10. The monoisotopic (exact) mass is 307 g/mol. The number of fused-ring (bicyclic) bond motifs is 1. The highest BCUT2D eigenvalue weighted by molar-refractivity contribution is 5.78. The number of carboxylic acids is 1. The van der Waals surface area contributed by atoms with Crippen molar-refractivity contribution < 1.29 is 14.6 Å². The highest BCUT2D eigenvalue weighted by atomic mass is 16.5. The van der Waals surface area contributed by atoms with Gasteiger partial charge in [0.05, 0.1) is 6.54 Å². The van der Waals surface area contributed by atoms with Crippen LogP contribution in [0.25, 0.3) is 0 Å². The number of ether oxygens (including phenoxy) is 1. The predicted molar refractivity (Wildman–Crippen MR) is 90.6 cm³/mol. The number of nitrogens with one attached hydrogen (secondary N) is 1. The molecule has 4 nitrogen and oxygen atoms in total. The molecule has 1 aliphatic heterocycles. The van der Waals surface area contributed by atoms with Gasteiger partial charge < -0.3 is 15.2 Å². The van der Waals surface area contributed by atoms with Crippen LogP contribution in [0.2, 0.25) is 0 Å². The maximum Gasteiger partial charge on any atom is 0.337 e. The molecule has 0 radical (unpaired) electrons. The second kappa shape index (κ2) is 8.79. The topological polar surface area (TPSA) is 58.6 Å². The first-order valence-corrected chi connectivity index (χ1v) is 8.35. The minimum absolute atomic E-state index is 0.308. The summed E-state index contributed by atoms with van der Waals surface area (Å²) in [5, 5.41) is 12.8. The zero-order valence-corrected chi connectivity index (χ0v) is 14.2. The van der Waals surface area contributed by atoms with Crippen molar-refractivity contribution in [2.75, 3.05) is 18.5 Å². The third-order valence-corrected chi connectivity index (χ3v) is 4.10. The molecular formula is C18H29NO3. The molecule has 0 fully saturated rings. The molecule has 0 saturated heterocycles. The number of hydrogen-bond donors (Lipinski definition) is 2. The summed E-state index contributed by atoms with van der Waals surface area (Å²) in [5.41, 5.74) is 2.47. The van der Waals surface area contributed by atoms with Gasteiger partial charge >= 0.3 is 5.97 Å².